The third-order valence-corrected chi connectivity index (χ3v) is 4.32. The van der Waals surface area contributed by atoms with Gasteiger partial charge < -0.3 is 4.90 Å². The Bertz CT molecular complexity index is 308. The molecule has 0 fully saturated rings. The molecule has 2 aliphatic carbocycles. The summed E-state index contributed by atoms with van der Waals surface area (Å²) in [6.45, 7) is 10.7. The Morgan fingerprint density at radius 3 is 1.29 bits per heavy atom. The Labute approximate surface area is 132 Å². The molecule has 2 rings (SSSR count). The van der Waals surface area contributed by atoms with E-state index in [4.69, 9.17) is 0 Å². The van der Waals surface area contributed by atoms with Crippen molar-refractivity contribution in [3.05, 3.63) is 24.3 Å². The number of unbranched alkanes of at least 4 members (excludes halogenated alkanes) is 6. The lowest BCUT2D eigenvalue weighted by atomic mass is 9.95. The monoisotopic (exact) mass is 289 g/mol. The largest absolute Gasteiger partial charge is 0.304 e. The molecule has 0 saturated carbocycles. The summed E-state index contributed by atoms with van der Waals surface area (Å²) in [5.74, 6) is 0. The van der Waals surface area contributed by atoms with E-state index in [1.165, 1.54) is 82.1 Å². The van der Waals surface area contributed by atoms with Gasteiger partial charge >= 0.3 is 0 Å². The van der Waals surface area contributed by atoms with Crippen LogP contribution in [0.25, 0.3) is 11.1 Å². The van der Waals surface area contributed by atoms with Crippen LogP contribution < -0.4 is 0 Å². The van der Waals surface area contributed by atoms with Crippen LogP contribution in [0.4, 0.5) is 0 Å². The highest BCUT2D eigenvalue weighted by Gasteiger charge is 2.04. The topological polar surface area (TPSA) is 3.24 Å². The molecule has 0 heterocycles. The molecule has 0 radical (unpaired) electrons. The Morgan fingerprint density at radius 1 is 0.619 bits per heavy atom. The molecular formula is C20H35N. The fourth-order valence-corrected chi connectivity index (χ4v) is 2.62. The quantitative estimate of drug-likeness (QED) is 0.449. The number of benzene rings is 1. The van der Waals surface area contributed by atoms with Crippen LogP contribution in [0.2, 0.25) is 0 Å². The van der Waals surface area contributed by atoms with Crippen molar-refractivity contribution >= 4 is 0 Å². The van der Waals surface area contributed by atoms with Crippen molar-refractivity contribution in [2.75, 3.05) is 19.6 Å². The van der Waals surface area contributed by atoms with Gasteiger partial charge in [-0.25, -0.2) is 0 Å². The van der Waals surface area contributed by atoms with E-state index in [1.54, 1.807) is 0 Å². The normalized spacial score (nSPS) is 11.2. The third-order valence-electron chi connectivity index (χ3n) is 4.32. The lowest BCUT2D eigenvalue weighted by Crippen LogP contribution is -2.25. The second-order valence-electron chi connectivity index (χ2n) is 6.13. The van der Waals surface area contributed by atoms with Crippen LogP contribution in [-0.4, -0.2) is 24.5 Å². The summed E-state index contributed by atoms with van der Waals surface area (Å²) in [6.07, 6.45) is 11.2. The fraction of sp³-hybridized carbons (Fsp3) is 0.700. The van der Waals surface area contributed by atoms with Crippen molar-refractivity contribution in [3.63, 3.8) is 0 Å². The maximum absolute atomic E-state index is 2.62. The molecule has 21 heavy (non-hydrogen) atoms. The van der Waals surface area contributed by atoms with Gasteiger partial charge in [-0.2, -0.15) is 0 Å². The summed E-state index contributed by atoms with van der Waals surface area (Å²) in [5, 5.41) is 0. The molecule has 0 amide bonds. The van der Waals surface area contributed by atoms with Gasteiger partial charge in [0, 0.05) is 0 Å². The molecule has 0 spiro atoms. The van der Waals surface area contributed by atoms with E-state index in [0.717, 1.165) is 0 Å². The van der Waals surface area contributed by atoms with Crippen molar-refractivity contribution in [3.8, 4) is 11.1 Å². The molecule has 120 valence electrons. The number of hydrogen-bond donors (Lipinski definition) is 0. The minimum Gasteiger partial charge on any atom is -0.304 e. The van der Waals surface area contributed by atoms with Crippen LogP contribution in [0.1, 0.15) is 72.1 Å². The molecule has 0 N–H and O–H groups in total. The Kier molecular flexibility index (Phi) is 10.2. The van der Waals surface area contributed by atoms with Crippen molar-refractivity contribution < 1.29 is 0 Å². The van der Waals surface area contributed by atoms with Gasteiger partial charge in [0.25, 0.3) is 0 Å². The van der Waals surface area contributed by atoms with Crippen LogP contribution >= 0.6 is 0 Å². The number of nitrogens with zero attached hydrogens (tertiary/aromatic N) is 1. The van der Waals surface area contributed by atoms with E-state index in [1.807, 2.05) is 0 Å². The minimum absolute atomic E-state index is 1.23. The molecule has 2 aliphatic rings. The number of rotatable bonds is 11. The molecule has 0 bridgehead atoms. The minimum atomic E-state index is 1.23. The van der Waals surface area contributed by atoms with E-state index in [0.29, 0.717) is 0 Å². The van der Waals surface area contributed by atoms with E-state index in [9.17, 15) is 0 Å². The Hall–Kier alpha value is -0.820. The van der Waals surface area contributed by atoms with Gasteiger partial charge in [-0.05, 0) is 43.6 Å². The zero-order valence-electron chi connectivity index (χ0n) is 14.5. The zero-order valence-corrected chi connectivity index (χ0v) is 14.5. The van der Waals surface area contributed by atoms with Crippen molar-refractivity contribution in [2.45, 2.75) is 72.1 Å². The van der Waals surface area contributed by atoms with Crippen LogP contribution in [-0.2, 0) is 0 Å². The van der Waals surface area contributed by atoms with E-state index >= 15 is 0 Å². The molecule has 0 unspecified atom stereocenters. The lowest BCUT2D eigenvalue weighted by Gasteiger charge is -2.20. The van der Waals surface area contributed by atoms with Crippen LogP contribution in [0, 0.1) is 0 Å². The van der Waals surface area contributed by atoms with Crippen molar-refractivity contribution in [1.82, 2.24) is 4.90 Å². The standard InChI is InChI=1S/C14H31N.C6H4/c1-4-7-9-11-13-15(6-3)14-12-10-8-5-2;1-2-6-4-3-5(1)6/h4-14H2,1-3H3;1-4H. The van der Waals surface area contributed by atoms with E-state index < -0.39 is 0 Å². The molecule has 1 nitrogen and oxygen atoms in total. The van der Waals surface area contributed by atoms with Crippen molar-refractivity contribution in [1.29, 1.82) is 0 Å². The third kappa shape index (κ3) is 7.66. The molecule has 0 aromatic carbocycles. The second-order valence-corrected chi connectivity index (χ2v) is 6.13. The molecule has 0 aliphatic heterocycles. The zero-order chi connectivity index (χ0) is 15.3. The number of hydrogen-bond acceptors (Lipinski definition) is 1. The van der Waals surface area contributed by atoms with Gasteiger partial charge in [0.1, 0.15) is 0 Å². The van der Waals surface area contributed by atoms with Gasteiger partial charge in [0.2, 0.25) is 0 Å². The number of fused-ring (bicyclic) bond motifs is 1. The molecule has 0 atom stereocenters. The van der Waals surface area contributed by atoms with Gasteiger partial charge in [0.05, 0.1) is 0 Å². The SMILES string of the molecule is CCCCCCN(CC)CCCCCC.c1cc2ccc1-2. The average Bonchev–Trinajstić information content (AvgIpc) is 2.50. The molecule has 0 aromatic heterocycles. The summed E-state index contributed by atoms with van der Waals surface area (Å²) in [7, 11) is 0. The summed E-state index contributed by atoms with van der Waals surface area (Å²) in [6, 6.07) is 8.48. The fourth-order valence-electron chi connectivity index (χ4n) is 2.62. The van der Waals surface area contributed by atoms with Crippen molar-refractivity contribution in [2.24, 2.45) is 0 Å². The maximum Gasteiger partial charge on any atom is -0.00189 e. The summed E-state index contributed by atoms with van der Waals surface area (Å²) >= 11 is 0. The van der Waals surface area contributed by atoms with E-state index in [-0.39, 0.29) is 0 Å². The average molecular weight is 290 g/mol. The predicted molar refractivity (Wildman–Crippen MR) is 95.8 cm³/mol. The summed E-state index contributed by atoms with van der Waals surface area (Å²) in [4.78, 5) is 2.62. The molecule has 0 saturated heterocycles. The van der Waals surface area contributed by atoms with Crippen LogP contribution in [0.3, 0.4) is 0 Å². The van der Waals surface area contributed by atoms with Crippen LogP contribution in [0.15, 0.2) is 24.3 Å². The molecular weight excluding hydrogens is 254 g/mol. The smallest absolute Gasteiger partial charge is 0.00189 e. The highest BCUT2D eigenvalue weighted by molar-refractivity contribution is 5.75. The first-order valence-corrected chi connectivity index (χ1v) is 9.14. The highest BCUT2D eigenvalue weighted by Crippen LogP contribution is 2.29. The molecule has 0 aromatic rings. The van der Waals surface area contributed by atoms with Gasteiger partial charge in [-0.1, -0.05) is 83.6 Å². The van der Waals surface area contributed by atoms with E-state index in [2.05, 4.69) is 49.9 Å². The Morgan fingerprint density at radius 2 is 1.05 bits per heavy atom. The predicted octanol–water partition coefficient (Wildman–Crippen LogP) is 6.14. The maximum atomic E-state index is 2.62. The lowest BCUT2D eigenvalue weighted by molar-refractivity contribution is 0.274. The summed E-state index contributed by atoms with van der Waals surface area (Å²) in [5.41, 5.74) is 2.85. The Balaban J connectivity index is 0.000000294. The molecule has 1 heteroatoms. The van der Waals surface area contributed by atoms with Crippen LogP contribution in [0.5, 0.6) is 0 Å². The van der Waals surface area contributed by atoms with Gasteiger partial charge in [0.15, 0.2) is 0 Å². The first-order chi connectivity index (χ1) is 10.3. The summed E-state index contributed by atoms with van der Waals surface area (Å²) < 4.78 is 0. The first kappa shape index (κ1) is 18.2. The second kappa shape index (κ2) is 11.8. The van der Waals surface area contributed by atoms with Gasteiger partial charge in [-0.3, -0.25) is 0 Å². The first-order valence-electron chi connectivity index (χ1n) is 9.14. The van der Waals surface area contributed by atoms with Gasteiger partial charge in [-0.15, -0.1) is 0 Å². The highest BCUT2D eigenvalue weighted by atomic mass is 15.1.